The van der Waals surface area contributed by atoms with E-state index in [0.29, 0.717) is 5.56 Å². The Labute approximate surface area is 193 Å². The molecule has 3 aromatic rings. The molecule has 0 amide bonds. The second-order valence-electron chi connectivity index (χ2n) is 7.30. The average Bonchev–Trinajstić information content (AvgIpc) is 3.17. The number of rotatable bonds is 10. The van der Waals surface area contributed by atoms with Crippen LogP contribution in [0.2, 0.25) is 0 Å². The Bertz CT molecular complexity index is 1200. The molecule has 3 rings (SSSR count). The van der Waals surface area contributed by atoms with Gasteiger partial charge in [-0.1, -0.05) is 55.8 Å². The number of unbranched alkanes of at least 4 members (excludes halogenated alkanes) is 1. The third-order valence-electron chi connectivity index (χ3n) is 5.04. The van der Waals surface area contributed by atoms with Crippen LogP contribution >= 0.6 is 11.8 Å². The lowest BCUT2D eigenvalue weighted by Crippen LogP contribution is -2.22. The molecule has 0 aliphatic carbocycles. The summed E-state index contributed by atoms with van der Waals surface area (Å²) in [6.45, 7) is 4.18. The zero-order valence-electron chi connectivity index (χ0n) is 18.3. The first-order chi connectivity index (χ1) is 15.4. The van der Waals surface area contributed by atoms with Crippen LogP contribution in [0.5, 0.6) is 0 Å². The van der Waals surface area contributed by atoms with Gasteiger partial charge in [-0.05, 0) is 41.7 Å². The second-order valence-corrected chi connectivity index (χ2v) is 9.83. The van der Waals surface area contributed by atoms with Crippen molar-refractivity contribution >= 4 is 21.8 Å². The molecule has 7 nitrogen and oxygen atoms in total. The van der Waals surface area contributed by atoms with Gasteiger partial charge >= 0.3 is 6.26 Å². The van der Waals surface area contributed by atoms with Gasteiger partial charge in [0, 0.05) is 18.2 Å². The predicted molar refractivity (Wildman–Crippen MR) is 126 cm³/mol. The summed E-state index contributed by atoms with van der Waals surface area (Å²) >= 11 is 1.73. The maximum atomic E-state index is 12.5. The summed E-state index contributed by atoms with van der Waals surface area (Å²) in [6, 6.07) is 14.4. The number of imidazole rings is 1. The Hall–Kier alpha value is -2.80. The first-order valence-corrected chi connectivity index (χ1v) is 13.0. The summed E-state index contributed by atoms with van der Waals surface area (Å²) < 4.78 is 27.3. The van der Waals surface area contributed by atoms with Crippen LogP contribution in [-0.2, 0) is 21.3 Å². The fourth-order valence-corrected chi connectivity index (χ4v) is 5.39. The Morgan fingerprint density at radius 2 is 1.94 bits per heavy atom. The summed E-state index contributed by atoms with van der Waals surface area (Å²) in [5.74, 6) is 1.08. The number of benzene rings is 2. The van der Waals surface area contributed by atoms with Crippen molar-refractivity contribution in [3.8, 4) is 17.4 Å². The van der Waals surface area contributed by atoms with Gasteiger partial charge in [0.15, 0.2) is 0 Å². The van der Waals surface area contributed by atoms with Crippen molar-refractivity contribution in [2.45, 2.75) is 43.4 Å². The second kappa shape index (κ2) is 10.7. The molecule has 0 saturated carbocycles. The number of aryl methyl sites for hydroxylation is 2. The Balaban J connectivity index is 1.95. The summed E-state index contributed by atoms with van der Waals surface area (Å²) in [6.07, 6.45) is 8.60. The molecule has 1 N–H and O–H groups in total. The third-order valence-corrected chi connectivity index (χ3v) is 7.22. The molecule has 1 unspecified atom stereocenters. The number of thioether (sulfide) groups is 1. The van der Waals surface area contributed by atoms with E-state index in [0.717, 1.165) is 41.9 Å². The van der Waals surface area contributed by atoms with Crippen molar-refractivity contribution in [2.24, 2.45) is 0 Å². The molecular weight excluding hydrogens is 444 g/mol. The van der Waals surface area contributed by atoms with Crippen LogP contribution in [0.15, 0.2) is 59.6 Å². The van der Waals surface area contributed by atoms with E-state index in [4.69, 9.17) is 10.2 Å². The van der Waals surface area contributed by atoms with Crippen molar-refractivity contribution in [1.82, 2.24) is 14.4 Å². The van der Waals surface area contributed by atoms with E-state index in [1.165, 1.54) is 12.3 Å². The van der Waals surface area contributed by atoms with Crippen LogP contribution < -0.4 is 4.89 Å². The van der Waals surface area contributed by atoms with Crippen molar-refractivity contribution in [3.63, 3.8) is 0 Å². The molecule has 0 fully saturated rings. The van der Waals surface area contributed by atoms with Crippen LogP contribution in [0.4, 0.5) is 0 Å². The lowest BCUT2D eigenvalue weighted by molar-refractivity contribution is 0.222. The molecule has 1 aromatic heterocycles. The Morgan fingerprint density at radius 1 is 1.22 bits per heavy atom. The van der Waals surface area contributed by atoms with Crippen molar-refractivity contribution in [1.29, 1.82) is 5.26 Å². The molecule has 1 atom stereocenters. The maximum absolute atomic E-state index is 12.5. The molecule has 0 radical (unpaired) electrons. The lowest BCUT2D eigenvalue weighted by atomic mass is 10.0. The Kier molecular flexibility index (Phi) is 7.96. The van der Waals surface area contributed by atoms with Crippen LogP contribution in [0.25, 0.3) is 11.1 Å². The molecule has 0 aliphatic rings. The summed E-state index contributed by atoms with van der Waals surface area (Å²) in [4.78, 5) is 10.8. The minimum Gasteiger partial charge on any atom is -0.318 e. The molecule has 9 heteroatoms. The van der Waals surface area contributed by atoms with E-state index in [1.54, 1.807) is 30.0 Å². The van der Waals surface area contributed by atoms with E-state index in [2.05, 4.69) is 28.8 Å². The first kappa shape index (κ1) is 23.9. The molecule has 0 bridgehead atoms. The molecule has 0 saturated heterocycles. The predicted octanol–water partition coefficient (Wildman–Crippen LogP) is 4.80. The van der Waals surface area contributed by atoms with E-state index < -0.39 is 10.0 Å². The minimum atomic E-state index is -4.00. The highest BCUT2D eigenvalue weighted by atomic mass is 32.2. The monoisotopic (exact) mass is 470 g/mol. The van der Waals surface area contributed by atoms with Crippen molar-refractivity contribution in [3.05, 3.63) is 71.8 Å². The van der Waals surface area contributed by atoms with E-state index in [-0.39, 0.29) is 10.3 Å². The zero-order chi connectivity index (χ0) is 23.1. The largest absolute Gasteiger partial charge is 0.318 e. The minimum absolute atomic E-state index is 0.0384. The number of aromatic nitrogens is 2. The van der Waals surface area contributed by atoms with Gasteiger partial charge in [-0.3, -0.25) is 0 Å². The molecular formula is C23H26N4O3S2. The first-order valence-electron chi connectivity index (χ1n) is 10.2. The van der Waals surface area contributed by atoms with Gasteiger partial charge in [-0.25, -0.2) is 13.4 Å². The average molecular weight is 471 g/mol. The molecule has 2 aromatic carbocycles. The topological polar surface area (TPSA) is 97.0 Å². The smallest absolute Gasteiger partial charge is 0.308 e. The van der Waals surface area contributed by atoms with Crippen LogP contribution in [0.3, 0.4) is 0 Å². The number of hydrogen-bond donors (Lipinski definition) is 1. The quantitative estimate of drug-likeness (QED) is 0.338. The molecule has 32 heavy (non-hydrogen) atoms. The highest BCUT2D eigenvalue weighted by Gasteiger charge is 2.21. The SMILES string of the molecule is CCCCc1nc(C)cn1C(SC)c1ccc(-c2ccccc2S(=O)(=O)NOC#N)cc1. The van der Waals surface area contributed by atoms with E-state index in [1.807, 2.05) is 36.1 Å². The summed E-state index contributed by atoms with van der Waals surface area (Å²) in [5.41, 5.74) is 3.37. The summed E-state index contributed by atoms with van der Waals surface area (Å²) in [5, 5.41) is 8.59. The standard InChI is InChI=1S/C23H26N4O3S2/c1-4-5-10-22-25-17(2)15-27(22)23(31-3)19-13-11-18(12-14-19)20-8-6-7-9-21(20)32(28,29)26-30-16-24/h6-9,11-15,23,26H,4-5,10H2,1-3H3. The van der Waals surface area contributed by atoms with Crippen LogP contribution in [-0.4, -0.2) is 24.2 Å². The number of nitriles is 1. The molecule has 1 heterocycles. The molecule has 168 valence electrons. The lowest BCUT2D eigenvalue weighted by Gasteiger charge is -2.20. The van der Waals surface area contributed by atoms with Gasteiger partial charge in [0.2, 0.25) is 0 Å². The fourth-order valence-electron chi connectivity index (χ4n) is 3.58. The van der Waals surface area contributed by atoms with Gasteiger partial charge < -0.3 is 9.40 Å². The fraction of sp³-hybridized carbons (Fsp3) is 0.304. The van der Waals surface area contributed by atoms with Gasteiger partial charge in [0.1, 0.15) is 11.2 Å². The van der Waals surface area contributed by atoms with E-state index in [9.17, 15) is 8.42 Å². The molecule has 0 aliphatic heterocycles. The van der Waals surface area contributed by atoms with Crippen molar-refractivity contribution < 1.29 is 13.3 Å². The number of hydrogen-bond acceptors (Lipinski definition) is 6. The number of nitrogens with zero attached hydrogens (tertiary/aromatic N) is 3. The molecule has 0 spiro atoms. The zero-order valence-corrected chi connectivity index (χ0v) is 19.9. The van der Waals surface area contributed by atoms with Crippen LogP contribution in [0.1, 0.15) is 42.2 Å². The summed E-state index contributed by atoms with van der Waals surface area (Å²) in [7, 11) is -4.00. The van der Waals surface area contributed by atoms with Gasteiger partial charge in [0.05, 0.1) is 10.6 Å². The van der Waals surface area contributed by atoms with Gasteiger partial charge in [0.25, 0.3) is 10.0 Å². The normalized spacial score (nSPS) is 12.3. The van der Waals surface area contributed by atoms with Crippen LogP contribution in [0, 0.1) is 18.4 Å². The number of nitrogens with one attached hydrogen (secondary N) is 1. The highest BCUT2D eigenvalue weighted by Crippen LogP contribution is 2.33. The van der Waals surface area contributed by atoms with Gasteiger partial charge in [-0.2, -0.15) is 0 Å². The Morgan fingerprint density at radius 3 is 2.59 bits per heavy atom. The number of sulfonamides is 1. The highest BCUT2D eigenvalue weighted by molar-refractivity contribution is 7.98. The van der Waals surface area contributed by atoms with Crippen molar-refractivity contribution in [2.75, 3.05) is 6.26 Å². The third kappa shape index (κ3) is 5.33. The maximum Gasteiger partial charge on any atom is 0.308 e. The van der Waals surface area contributed by atoms with Gasteiger partial charge in [-0.15, -0.1) is 17.0 Å². The van der Waals surface area contributed by atoms with E-state index >= 15 is 0 Å².